The number of alkyl carbamates (subject to hydrolysis) is 1. The maximum atomic E-state index is 12.0. The first-order valence-corrected chi connectivity index (χ1v) is 7.66. The second-order valence-corrected chi connectivity index (χ2v) is 5.01. The quantitative estimate of drug-likeness (QED) is 0.608. The lowest BCUT2D eigenvalue weighted by molar-refractivity contribution is 0.0952. The van der Waals surface area contributed by atoms with Gasteiger partial charge in [-0.25, -0.2) is 4.79 Å². The lowest BCUT2D eigenvalue weighted by Crippen LogP contribution is -2.35. The molecule has 5 nitrogen and oxygen atoms in total. The number of carbonyl (C=O) groups excluding carboxylic acids is 2. The molecular weight excluding hydrogens is 304 g/mol. The lowest BCUT2D eigenvalue weighted by Gasteiger charge is -2.08. The largest absolute Gasteiger partial charge is 0.445 e. The molecule has 0 saturated heterocycles. The molecule has 24 heavy (non-hydrogen) atoms. The molecule has 2 aromatic rings. The molecule has 0 unspecified atom stereocenters. The molecule has 0 atom stereocenters. The molecule has 2 aromatic carbocycles. The van der Waals surface area contributed by atoms with Crippen LogP contribution < -0.4 is 10.6 Å². The molecule has 2 amide bonds. The van der Waals surface area contributed by atoms with E-state index < -0.39 is 6.09 Å². The summed E-state index contributed by atoms with van der Waals surface area (Å²) in [6.45, 7) is 4.23. The minimum Gasteiger partial charge on any atom is -0.445 e. The van der Waals surface area contributed by atoms with Crippen molar-refractivity contribution in [2.24, 2.45) is 0 Å². The van der Waals surface area contributed by atoms with Crippen LogP contribution in [-0.2, 0) is 4.74 Å². The fraction of sp³-hybridized carbons (Fsp3) is 0.158. The van der Waals surface area contributed by atoms with Crippen molar-refractivity contribution < 1.29 is 14.3 Å². The van der Waals surface area contributed by atoms with E-state index in [0.717, 1.165) is 11.1 Å². The Morgan fingerprint density at radius 2 is 1.54 bits per heavy atom. The standard InChI is InChI=1S/C19H20N2O3/c1-2-14-24-19(23)21-13-12-20-18(22)17-10-8-16(9-11-17)15-6-4-3-5-7-15/h2-11H,1,12-14H2,(H,20,22)(H,21,23). The normalized spacial score (nSPS) is 9.83. The Morgan fingerprint density at radius 1 is 0.917 bits per heavy atom. The summed E-state index contributed by atoms with van der Waals surface area (Å²) < 4.78 is 4.76. The summed E-state index contributed by atoms with van der Waals surface area (Å²) in [5, 5.41) is 5.27. The number of amides is 2. The highest BCUT2D eigenvalue weighted by atomic mass is 16.5. The Labute approximate surface area is 141 Å². The molecule has 5 heteroatoms. The number of hydrogen-bond acceptors (Lipinski definition) is 3. The van der Waals surface area contributed by atoms with E-state index in [1.165, 1.54) is 6.08 Å². The van der Waals surface area contributed by atoms with Gasteiger partial charge in [-0.3, -0.25) is 4.79 Å². The van der Waals surface area contributed by atoms with Gasteiger partial charge in [0.2, 0.25) is 0 Å². The first-order chi connectivity index (χ1) is 11.7. The Kier molecular flexibility index (Phi) is 6.58. The van der Waals surface area contributed by atoms with E-state index in [4.69, 9.17) is 4.74 Å². The van der Waals surface area contributed by atoms with Crippen LogP contribution in [-0.4, -0.2) is 31.7 Å². The van der Waals surface area contributed by atoms with Crippen molar-refractivity contribution in [3.63, 3.8) is 0 Å². The van der Waals surface area contributed by atoms with Gasteiger partial charge in [0, 0.05) is 18.7 Å². The molecule has 0 aromatic heterocycles. The van der Waals surface area contributed by atoms with Gasteiger partial charge in [0.15, 0.2) is 0 Å². The van der Waals surface area contributed by atoms with Crippen molar-refractivity contribution in [1.29, 1.82) is 0 Å². The van der Waals surface area contributed by atoms with Gasteiger partial charge < -0.3 is 15.4 Å². The van der Waals surface area contributed by atoms with Crippen LogP contribution in [0, 0.1) is 0 Å². The van der Waals surface area contributed by atoms with E-state index in [1.54, 1.807) is 12.1 Å². The molecule has 0 radical (unpaired) electrons. The van der Waals surface area contributed by atoms with Crippen LogP contribution >= 0.6 is 0 Å². The predicted molar refractivity (Wildman–Crippen MR) is 93.8 cm³/mol. The van der Waals surface area contributed by atoms with Gasteiger partial charge in [-0.1, -0.05) is 55.1 Å². The Balaban J connectivity index is 1.79. The molecule has 0 spiro atoms. The van der Waals surface area contributed by atoms with Gasteiger partial charge in [-0.2, -0.15) is 0 Å². The molecule has 0 aliphatic heterocycles. The van der Waals surface area contributed by atoms with E-state index in [-0.39, 0.29) is 12.5 Å². The van der Waals surface area contributed by atoms with Crippen molar-refractivity contribution in [1.82, 2.24) is 10.6 Å². The number of benzene rings is 2. The first kappa shape index (κ1) is 17.3. The summed E-state index contributed by atoms with van der Waals surface area (Å²) in [4.78, 5) is 23.2. The molecule has 0 fully saturated rings. The Hall–Kier alpha value is -3.08. The highest BCUT2D eigenvalue weighted by Gasteiger charge is 2.06. The Bertz CT molecular complexity index is 682. The summed E-state index contributed by atoms with van der Waals surface area (Å²) in [5.41, 5.74) is 2.73. The number of rotatable bonds is 7. The van der Waals surface area contributed by atoms with Crippen molar-refractivity contribution >= 4 is 12.0 Å². The summed E-state index contributed by atoms with van der Waals surface area (Å²) in [6, 6.07) is 17.3. The zero-order valence-corrected chi connectivity index (χ0v) is 13.3. The van der Waals surface area contributed by atoms with Gasteiger partial charge in [0.1, 0.15) is 6.61 Å². The summed E-state index contributed by atoms with van der Waals surface area (Å²) in [7, 11) is 0. The second-order valence-electron chi connectivity index (χ2n) is 5.01. The summed E-state index contributed by atoms with van der Waals surface area (Å²) in [6.07, 6.45) is 0.955. The average molecular weight is 324 g/mol. The van der Waals surface area contributed by atoms with Crippen LogP contribution in [0.4, 0.5) is 4.79 Å². The van der Waals surface area contributed by atoms with Gasteiger partial charge in [0.05, 0.1) is 0 Å². The number of nitrogens with one attached hydrogen (secondary N) is 2. The molecule has 124 valence electrons. The smallest absolute Gasteiger partial charge is 0.407 e. The molecule has 0 heterocycles. The van der Waals surface area contributed by atoms with Crippen LogP contribution in [0.25, 0.3) is 11.1 Å². The molecule has 0 aliphatic carbocycles. The minimum atomic E-state index is -0.531. The molecule has 0 bridgehead atoms. The second kappa shape index (κ2) is 9.15. The zero-order valence-electron chi connectivity index (χ0n) is 13.3. The van der Waals surface area contributed by atoms with E-state index in [9.17, 15) is 9.59 Å². The van der Waals surface area contributed by atoms with E-state index in [2.05, 4.69) is 17.2 Å². The molecule has 2 rings (SSSR count). The fourth-order valence-electron chi connectivity index (χ4n) is 2.07. The van der Waals surface area contributed by atoms with Crippen LogP contribution in [0.15, 0.2) is 67.3 Å². The fourth-order valence-corrected chi connectivity index (χ4v) is 2.07. The molecule has 2 N–H and O–H groups in total. The van der Waals surface area contributed by atoms with Crippen molar-refractivity contribution in [3.8, 4) is 11.1 Å². The molecule has 0 aliphatic rings. The van der Waals surface area contributed by atoms with Gasteiger partial charge >= 0.3 is 6.09 Å². The molecular formula is C19H20N2O3. The molecule has 0 saturated carbocycles. The lowest BCUT2D eigenvalue weighted by atomic mass is 10.0. The average Bonchev–Trinajstić information content (AvgIpc) is 2.64. The monoisotopic (exact) mass is 324 g/mol. The van der Waals surface area contributed by atoms with Crippen molar-refractivity contribution in [2.45, 2.75) is 0 Å². The number of hydrogen-bond donors (Lipinski definition) is 2. The summed E-state index contributed by atoms with van der Waals surface area (Å²) in [5.74, 6) is -0.184. The third-order valence-electron chi connectivity index (χ3n) is 3.27. The SMILES string of the molecule is C=CCOC(=O)NCCNC(=O)c1ccc(-c2ccccc2)cc1. The van der Waals surface area contributed by atoms with Crippen LogP contribution in [0.2, 0.25) is 0 Å². The van der Waals surface area contributed by atoms with Gasteiger partial charge in [-0.05, 0) is 23.3 Å². The van der Waals surface area contributed by atoms with Crippen LogP contribution in [0.3, 0.4) is 0 Å². The maximum absolute atomic E-state index is 12.0. The third kappa shape index (κ3) is 5.28. The minimum absolute atomic E-state index is 0.159. The summed E-state index contributed by atoms with van der Waals surface area (Å²) >= 11 is 0. The number of carbonyl (C=O) groups is 2. The highest BCUT2D eigenvalue weighted by molar-refractivity contribution is 5.94. The Morgan fingerprint density at radius 3 is 2.21 bits per heavy atom. The van der Waals surface area contributed by atoms with Crippen molar-refractivity contribution in [2.75, 3.05) is 19.7 Å². The first-order valence-electron chi connectivity index (χ1n) is 7.66. The van der Waals surface area contributed by atoms with E-state index in [0.29, 0.717) is 18.7 Å². The van der Waals surface area contributed by atoms with Gasteiger partial charge in [0.25, 0.3) is 5.91 Å². The zero-order chi connectivity index (χ0) is 17.2. The topological polar surface area (TPSA) is 67.4 Å². The van der Waals surface area contributed by atoms with E-state index in [1.807, 2.05) is 42.5 Å². The maximum Gasteiger partial charge on any atom is 0.407 e. The predicted octanol–water partition coefficient (Wildman–Crippen LogP) is 3.00. The van der Waals surface area contributed by atoms with Gasteiger partial charge in [-0.15, -0.1) is 0 Å². The third-order valence-corrected chi connectivity index (χ3v) is 3.27. The van der Waals surface area contributed by atoms with Crippen molar-refractivity contribution in [3.05, 3.63) is 72.8 Å². The van der Waals surface area contributed by atoms with Crippen LogP contribution in [0.5, 0.6) is 0 Å². The van der Waals surface area contributed by atoms with E-state index >= 15 is 0 Å². The highest BCUT2D eigenvalue weighted by Crippen LogP contribution is 2.19. The van der Waals surface area contributed by atoms with Crippen LogP contribution in [0.1, 0.15) is 10.4 Å². The number of ether oxygens (including phenoxy) is 1.